The number of ether oxygens (including phenoxy) is 1. The lowest BCUT2D eigenvalue weighted by Crippen LogP contribution is -2.39. The largest absolute Gasteiger partial charge is 0.494 e. The predicted molar refractivity (Wildman–Crippen MR) is 80.9 cm³/mol. The molecule has 1 heterocycles. The van der Waals surface area contributed by atoms with Gasteiger partial charge in [0, 0.05) is 24.7 Å². The van der Waals surface area contributed by atoms with Gasteiger partial charge in [-0.2, -0.15) is 0 Å². The molecule has 0 N–H and O–H groups in total. The molecular formula is C16H24ClNO. The lowest BCUT2D eigenvalue weighted by atomic mass is 9.92. The lowest BCUT2D eigenvalue weighted by molar-refractivity contribution is 0.132. The molecular weight excluding hydrogens is 258 g/mol. The first kappa shape index (κ1) is 14.7. The molecule has 2 atom stereocenters. The Morgan fingerprint density at radius 3 is 2.42 bits per heavy atom. The van der Waals surface area contributed by atoms with E-state index in [0.717, 1.165) is 42.2 Å². The highest BCUT2D eigenvalue weighted by Crippen LogP contribution is 2.21. The summed E-state index contributed by atoms with van der Waals surface area (Å²) < 4.78 is 5.72. The summed E-state index contributed by atoms with van der Waals surface area (Å²) in [4.78, 5) is 2.57. The summed E-state index contributed by atoms with van der Waals surface area (Å²) in [6, 6.07) is 7.58. The number of hydrogen-bond donors (Lipinski definition) is 0. The van der Waals surface area contributed by atoms with Crippen molar-refractivity contribution >= 4 is 11.6 Å². The zero-order valence-electron chi connectivity index (χ0n) is 11.9. The summed E-state index contributed by atoms with van der Waals surface area (Å²) in [5.74, 6) is 2.58. The van der Waals surface area contributed by atoms with Gasteiger partial charge < -0.3 is 9.64 Å². The van der Waals surface area contributed by atoms with E-state index < -0.39 is 0 Å². The molecule has 0 aromatic heterocycles. The van der Waals surface area contributed by atoms with Crippen molar-refractivity contribution in [3.8, 4) is 5.75 Å². The molecule has 19 heavy (non-hydrogen) atoms. The molecule has 0 amide bonds. The smallest absolute Gasteiger partial charge is 0.119 e. The first-order valence-electron chi connectivity index (χ1n) is 7.24. The third kappa shape index (κ3) is 5.04. The van der Waals surface area contributed by atoms with E-state index >= 15 is 0 Å². The fourth-order valence-corrected chi connectivity index (χ4v) is 3.11. The molecule has 1 aliphatic heterocycles. The molecule has 1 saturated heterocycles. The minimum atomic E-state index is 0.753. The van der Waals surface area contributed by atoms with Crippen molar-refractivity contribution in [1.82, 2.24) is 4.90 Å². The van der Waals surface area contributed by atoms with Gasteiger partial charge in [0.15, 0.2) is 0 Å². The summed E-state index contributed by atoms with van der Waals surface area (Å²) in [5, 5.41) is 0.753. The average Bonchev–Trinajstić information content (AvgIpc) is 2.36. The maximum absolute atomic E-state index is 5.84. The number of benzene rings is 1. The van der Waals surface area contributed by atoms with Gasteiger partial charge in [-0.3, -0.25) is 0 Å². The zero-order valence-corrected chi connectivity index (χ0v) is 12.7. The topological polar surface area (TPSA) is 12.5 Å². The van der Waals surface area contributed by atoms with Crippen LogP contribution in [0.3, 0.4) is 0 Å². The van der Waals surface area contributed by atoms with Gasteiger partial charge in [0.1, 0.15) is 5.75 Å². The number of nitrogens with zero attached hydrogens (tertiary/aromatic N) is 1. The Bertz CT molecular complexity index is 369. The van der Waals surface area contributed by atoms with E-state index in [1.54, 1.807) is 0 Å². The van der Waals surface area contributed by atoms with E-state index in [2.05, 4.69) is 18.7 Å². The van der Waals surface area contributed by atoms with Crippen LogP contribution in [0.15, 0.2) is 24.3 Å². The van der Waals surface area contributed by atoms with Crippen molar-refractivity contribution in [3.05, 3.63) is 29.3 Å². The highest BCUT2D eigenvalue weighted by Gasteiger charge is 2.20. The fourth-order valence-electron chi connectivity index (χ4n) is 2.98. The number of hydrogen-bond acceptors (Lipinski definition) is 2. The van der Waals surface area contributed by atoms with Crippen molar-refractivity contribution in [3.63, 3.8) is 0 Å². The minimum Gasteiger partial charge on any atom is -0.494 e. The molecule has 1 aliphatic rings. The molecule has 1 aromatic rings. The molecule has 0 bridgehead atoms. The van der Waals surface area contributed by atoms with E-state index in [1.807, 2.05) is 24.3 Å². The average molecular weight is 282 g/mol. The monoisotopic (exact) mass is 281 g/mol. The zero-order chi connectivity index (χ0) is 13.7. The van der Waals surface area contributed by atoms with Crippen molar-refractivity contribution in [2.24, 2.45) is 11.8 Å². The van der Waals surface area contributed by atoms with E-state index in [-0.39, 0.29) is 0 Å². The molecule has 106 valence electrons. The van der Waals surface area contributed by atoms with Crippen LogP contribution in [0.25, 0.3) is 0 Å². The number of rotatable bonds is 5. The first-order chi connectivity index (χ1) is 9.13. The van der Waals surface area contributed by atoms with Gasteiger partial charge in [-0.15, -0.1) is 0 Å². The molecule has 0 radical (unpaired) electrons. The Kier molecular flexibility index (Phi) is 5.53. The van der Waals surface area contributed by atoms with E-state index in [9.17, 15) is 0 Å². The Labute approximate surface area is 121 Å². The van der Waals surface area contributed by atoms with Gasteiger partial charge >= 0.3 is 0 Å². The molecule has 2 nitrogen and oxygen atoms in total. The van der Waals surface area contributed by atoms with Gasteiger partial charge in [-0.05, 0) is 48.9 Å². The van der Waals surface area contributed by atoms with Crippen molar-refractivity contribution in [2.45, 2.75) is 26.7 Å². The SMILES string of the molecule is C[C@H]1C[C@H](C)CN(CCCOc2ccc(Cl)cc2)C1. The van der Waals surface area contributed by atoms with Crippen LogP contribution in [0.4, 0.5) is 0 Å². The summed E-state index contributed by atoms with van der Waals surface area (Å²) in [6.45, 7) is 9.11. The molecule has 0 spiro atoms. The van der Waals surface area contributed by atoms with Crippen LogP contribution in [-0.2, 0) is 0 Å². The van der Waals surface area contributed by atoms with E-state index in [4.69, 9.17) is 16.3 Å². The first-order valence-corrected chi connectivity index (χ1v) is 7.62. The number of likely N-dealkylation sites (tertiary alicyclic amines) is 1. The molecule has 2 rings (SSSR count). The van der Waals surface area contributed by atoms with Crippen LogP contribution in [0, 0.1) is 11.8 Å². The maximum Gasteiger partial charge on any atom is 0.119 e. The second-order valence-corrected chi connectivity index (χ2v) is 6.30. The van der Waals surface area contributed by atoms with Gasteiger partial charge in [-0.1, -0.05) is 25.4 Å². The van der Waals surface area contributed by atoms with Crippen LogP contribution >= 0.6 is 11.6 Å². The summed E-state index contributed by atoms with van der Waals surface area (Å²) in [5.41, 5.74) is 0. The van der Waals surface area contributed by atoms with Crippen LogP contribution in [0.2, 0.25) is 5.02 Å². The quantitative estimate of drug-likeness (QED) is 0.754. The van der Waals surface area contributed by atoms with Gasteiger partial charge in [0.25, 0.3) is 0 Å². The van der Waals surface area contributed by atoms with E-state index in [1.165, 1.54) is 19.5 Å². The van der Waals surface area contributed by atoms with Gasteiger partial charge in [0.2, 0.25) is 0 Å². The Morgan fingerprint density at radius 2 is 1.79 bits per heavy atom. The summed E-state index contributed by atoms with van der Waals surface area (Å²) >= 11 is 5.84. The molecule has 1 fully saturated rings. The second kappa shape index (κ2) is 7.16. The van der Waals surface area contributed by atoms with Crippen LogP contribution in [0.5, 0.6) is 5.75 Å². The molecule has 0 aliphatic carbocycles. The van der Waals surface area contributed by atoms with E-state index in [0.29, 0.717) is 0 Å². The highest BCUT2D eigenvalue weighted by atomic mass is 35.5. The summed E-state index contributed by atoms with van der Waals surface area (Å²) in [6.07, 6.45) is 2.46. The molecule has 0 unspecified atom stereocenters. The Morgan fingerprint density at radius 1 is 1.16 bits per heavy atom. The van der Waals surface area contributed by atoms with Crippen molar-refractivity contribution < 1.29 is 4.74 Å². The predicted octanol–water partition coefficient (Wildman–Crippen LogP) is 4.09. The normalized spacial score (nSPS) is 24.4. The third-order valence-electron chi connectivity index (χ3n) is 3.65. The minimum absolute atomic E-state index is 0.753. The second-order valence-electron chi connectivity index (χ2n) is 5.86. The summed E-state index contributed by atoms with van der Waals surface area (Å²) in [7, 11) is 0. The lowest BCUT2D eigenvalue weighted by Gasteiger charge is -2.34. The third-order valence-corrected chi connectivity index (χ3v) is 3.90. The Balaban J connectivity index is 1.65. The van der Waals surface area contributed by atoms with Gasteiger partial charge in [-0.25, -0.2) is 0 Å². The molecule has 0 saturated carbocycles. The molecule has 1 aromatic carbocycles. The van der Waals surface area contributed by atoms with Crippen molar-refractivity contribution in [1.29, 1.82) is 0 Å². The number of halogens is 1. The fraction of sp³-hybridized carbons (Fsp3) is 0.625. The maximum atomic E-state index is 5.84. The molecule has 3 heteroatoms. The van der Waals surface area contributed by atoms with Crippen LogP contribution in [0.1, 0.15) is 26.7 Å². The standard InChI is InChI=1S/C16H24ClNO/c1-13-10-14(2)12-18(11-13)8-3-9-19-16-6-4-15(17)5-7-16/h4-7,13-14H,3,8-12H2,1-2H3/t13-,14-/m0/s1. The highest BCUT2D eigenvalue weighted by molar-refractivity contribution is 6.30. The van der Waals surface area contributed by atoms with Gasteiger partial charge in [0.05, 0.1) is 6.61 Å². The Hall–Kier alpha value is -0.730. The van der Waals surface area contributed by atoms with Crippen LogP contribution < -0.4 is 4.74 Å². The van der Waals surface area contributed by atoms with Crippen LogP contribution in [-0.4, -0.2) is 31.1 Å². The van der Waals surface area contributed by atoms with Crippen molar-refractivity contribution in [2.75, 3.05) is 26.2 Å². The number of piperidine rings is 1.